The molecule has 1 heterocycles. The van der Waals surface area contributed by atoms with Crippen molar-refractivity contribution in [2.24, 2.45) is 5.92 Å². The molecule has 108 valence electrons. The van der Waals surface area contributed by atoms with Crippen LogP contribution >= 0.6 is 11.3 Å². The lowest BCUT2D eigenvalue weighted by Gasteiger charge is -2.20. The molecular weight excluding hydrogens is 254 g/mol. The summed E-state index contributed by atoms with van der Waals surface area (Å²) in [6, 6.07) is 0.422. The van der Waals surface area contributed by atoms with Crippen LogP contribution in [-0.2, 0) is 0 Å². The van der Waals surface area contributed by atoms with Crippen molar-refractivity contribution in [1.82, 2.24) is 10.3 Å². The first-order valence-corrected chi connectivity index (χ1v) is 8.42. The van der Waals surface area contributed by atoms with E-state index in [0.29, 0.717) is 6.04 Å². The van der Waals surface area contributed by atoms with Gasteiger partial charge < -0.3 is 10.2 Å². The molecule has 0 spiro atoms. The topological polar surface area (TPSA) is 28.2 Å². The van der Waals surface area contributed by atoms with Gasteiger partial charge >= 0.3 is 0 Å². The van der Waals surface area contributed by atoms with Crippen molar-refractivity contribution < 1.29 is 0 Å². The third-order valence-electron chi connectivity index (χ3n) is 3.97. The number of anilines is 1. The molecule has 0 bridgehead atoms. The van der Waals surface area contributed by atoms with Crippen LogP contribution in [0.3, 0.4) is 0 Å². The van der Waals surface area contributed by atoms with E-state index in [2.05, 4.69) is 36.1 Å². The van der Waals surface area contributed by atoms with Crippen LogP contribution in [-0.4, -0.2) is 25.1 Å². The van der Waals surface area contributed by atoms with Crippen LogP contribution in [0.1, 0.15) is 56.9 Å². The highest BCUT2D eigenvalue weighted by atomic mass is 32.1. The molecule has 1 aliphatic rings. The third-order valence-corrected chi connectivity index (χ3v) is 5.27. The second-order valence-corrected chi connectivity index (χ2v) is 6.79. The number of rotatable bonds is 7. The first kappa shape index (κ1) is 14.8. The molecule has 0 radical (unpaired) electrons. The lowest BCUT2D eigenvalue weighted by atomic mass is 10.1. The Hall–Kier alpha value is -0.610. The predicted octanol–water partition coefficient (Wildman–Crippen LogP) is 3.83. The van der Waals surface area contributed by atoms with Crippen LogP contribution < -0.4 is 10.2 Å². The van der Waals surface area contributed by atoms with Gasteiger partial charge in [0.15, 0.2) is 5.13 Å². The van der Waals surface area contributed by atoms with Crippen molar-refractivity contribution in [3.63, 3.8) is 0 Å². The maximum absolute atomic E-state index is 4.59. The van der Waals surface area contributed by atoms with Gasteiger partial charge in [0.05, 0.1) is 0 Å². The number of aromatic nitrogens is 1. The summed E-state index contributed by atoms with van der Waals surface area (Å²) in [6.45, 7) is 6.67. The molecule has 2 rings (SSSR count). The molecule has 1 saturated carbocycles. The van der Waals surface area contributed by atoms with Gasteiger partial charge in [0.2, 0.25) is 0 Å². The molecule has 19 heavy (non-hydrogen) atoms. The fourth-order valence-electron chi connectivity index (χ4n) is 2.77. The highest BCUT2D eigenvalue weighted by Gasteiger charge is 2.19. The normalized spacial score (nSPS) is 17.8. The Morgan fingerprint density at radius 2 is 2.21 bits per heavy atom. The van der Waals surface area contributed by atoms with E-state index < -0.39 is 0 Å². The quantitative estimate of drug-likeness (QED) is 0.823. The van der Waals surface area contributed by atoms with Gasteiger partial charge in [-0.05, 0) is 38.6 Å². The minimum absolute atomic E-state index is 0.422. The van der Waals surface area contributed by atoms with E-state index in [1.807, 2.05) is 17.5 Å². The highest BCUT2D eigenvalue weighted by Crippen LogP contribution is 2.30. The summed E-state index contributed by atoms with van der Waals surface area (Å²) in [7, 11) is 2.19. The van der Waals surface area contributed by atoms with Crippen molar-refractivity contribution in [2.75, 3.05) is 25.0 Å². The molecule has 1 aliphatic carbocycles. The number of thiazole rings is 1. The molecule has 1 N–H and O–H groups in total. The first-order chi connectivity index (χ1) is 9.20. The van der Waals surface area contributed by atoms with E-state index in [1.165, 1.54) is 48.7 Å². The highest BCUT2D eigenvalue weighted by molar-refractivity contribution is 7.15. The van der Waals surface area contributed by atoms with Gasteiger partial charge in [-0.2, -0.15) is 0 Å². The summed E-state index contributed by atoms with van der Waals surface area (Å²) in [5.41, 5.74) is 0. The molecule has 0 amide bonds. The monoisotopic (exact) mass is 281 g/mol. The zero-order chi connectivity index (χ0) is 13.7. The Balaban J connectivity index is 1.88. The number of nitrogens with one attached hydrogen (secondary N) is 1. The van der Waals surface area contributed by atoms with E-state index in [-0.39, 0.29) is 0 Å². The average Bonchev–Trinajstić information content (AvgIpc) is 3.06. The fourth-order valence-corrected chi connectivity index (χ4v) is 3.69. The molecule has 0 saturated heterocycles. The van der Waals surface area contributed by atoms with E-state index in [0.717, 1.165) is 12.5 Å². The van der Waals surface area contributed by atoms with Crippen LogP contribution in [0.4, 0.5) is 5.13 Å². The summed E-state index contributed by atoms with van der Waals surface area (Å²) in [5, 5.41) is 4.70. The summed E-state index contributed by atoms with van der Waals surface area (Å²) >= 11 is 1.84. The van der Waals surface area contributed by atoms with Gasteiger partial charge in [-0.1, -0.05) is 19.8 Å². The Kier molecular flexibility index (Phi) is 5.64. The van der Waals surface area contributed by atoms with Gasteiger partial charge in [-0.25, -0.2) is 4.98 Å². The molecular formula is C15H27N3S. The van der Waals surface area contributed by atoms with Gasteiger partial charge in [0, 0.05) is 30.7 Å². The molecule has 1 fully saturated rings. The summed E-state index contributed by atoms with van der Waals surface area (Å²) < 4.78 is 0. The van der Waals surface area contributed by atoms with E-state index >= 15 is 0 Å². The number of hydrogen-bond acceptors (Lipinski definition) is 4. The largest absolute Gasteiger partial charge is 0.351 e. The maximum Gasteiger partial charge on any atom is 0.185 e. The molecule has 0 aromatic carbocycles. The lowest BCUT2D eigenvalue weighted by Crippen LogP contribution is -2.23. The third kappa shape index (κ3) is 4.18. The Morgan fingerprint density at radius 3 is 2.89 bits per heavy atom. The zero-order valence-electron chi connectivity index (χ0n) is 12.5. The second kappa shape index (κ2) is 7.25. The van der Waals surface area contributed by atoms with Gasteiger partial charge in [-0.15, -0.1) is 11.3 Å². The minimum atomic E-state index is 0.422. The van der Waals surface area contributed by atoms with Crippen LogP contribution in [0.2, 0.25) is 0 Å². The minimum Gasteiger partial charge on any atom is -0.351 e. The molecule has 1 atom stereocenters. The van der Waals surface area contributed by atoms with Gasteiger partial charge in [0.1, 0.15) is 0 Å². The molecule has 1 aromatic heterocycles. The Morgan fingerprint density at radius 1 is 1.47 bits per heavy atom. The SMILES string of the molecule is CCCNC(C)c1cnc(N(C)CC2CCCC2)s1. The molecule has 4 heteroatoms. The van der Waals surface area contributed by atoms with Crippen LogP contribution in [0.5, 0.6) is 0 Å². The van der Waals surface area contributed by atoms with Gasteiger partial charge in [-0.3, -0.25) is 0 Å². The summed E-state index contributed by atoms with van der Waals surface area (Å²) in [6.07, 6.45) is 8.85. The van der Waals surface area contributed by atoms with Crippen molar-refractivity contribution in [3.8, 4) is 0 Å². The molecule has 0 aliphatic heterocycles. The van der Waals surface area contributed by atoms with E-state index in [9.17, 15) is 0 Å². The second-order valence-electron chi connectivity index (χ2n) is 5.75. The summed E-state index contributed by atoms with van der Waals surface area (Å²) in [5.74, 6) is 0.882. The van der Waals surface area contributed by atoms with Gasteiger partial charge in [0.25, 0.3) is 0 Å². The van der Waals surface area contributed by atoms with Crippen molar-refractivity contribution in [2.45, 2.75) is 52.0 Å². The zero-order valence-corrected chi connectivity index (χ0v) is 13.3. The molecule has 3 nitrogen and oxygen atoms in total. The van der Waals surface area contributed by atoms with Crippen LogP contribution in [0.15, 0.2) is 6.20 Å². The first-order valence-electron chi connectivity index (χ1n) is 7.61. The van der Waals surface area contributed by atoms with E-state index in [4.69, 9.17) is 0 Å². The van der Waals surface area contributed by atoms with Crippen molar-refractivity contribution in [3.05, 3.63) is 11.1 Å². The summed E-state index contributed by atoms with van der Waals surface area (Å²) in [4.78, 5) is 8.28. The fraction of sp³-hybridized carbons (Fsp3) is 0.800. The molecule has 1 unspecified atom stereocenters. The van der Waals surface area contributed by atoms with Crippen LogP contribution in [0, 0.1) is 5.92 Å². The predicted molar refractivity (Wildman–Crippen MR) is 84.1 cm³/mol. The van der Waals surface area contributed by atoms with Crippen molar-refractivity contribution >= 4 is 16.5 Å². The Bertz CT molecular complexity index is 371. The number of nitrogens with zero attached hydrogens (tertiary/aromatic N) is 2. The smallest absolute Gasteiger partial charge is 0.185 e. The van der Waals surface area contributed by atoms with Crippen LogP contribution in [0.25, 0.3) is 0 Å². The standard InChI is InChI=1S/C15H27N3S/c1-4-9-16-12(2)14-10-17-15(19-14)18(3)11-13-7-5-6-8-13/h10,12-13,16H,4-9,11H2,1-3H3. The maximum atomic E-state index is 4.59. The Labute approximate surface area is 121 Å². The van der Waals surface area contributed by atoms with E-state index in [1.54, 1.807) is 0 Å². The van der Waals surface area contributed by atoms with Crippen molar-refractivity contribution in [1.29, 1.82) is 0 Å². The lowest BCUT2D eigenvalue weighted by molar-refractivity contribution is 0.546. The number of hydrogen-bond donors (Lipinski definition) is 1. The molecule has 1 aromatic rings. The average molecular weight is 281 g/mol.